The highest BCUT2D eigenvalue weighted by Gasteiger charge is 2.28. The van der Waals surface area contributed by atoms with Crippen molar-refractivity contribution in [3.05, 3.63) is 72.1 Å². The average Bonchev–Trinajstić information content (AvgIpc) is 3.24. The molecule has 4 rings (SSSR count). The third-order valence-electron chi connectivity index (χ3n) is 5.49. The third kappa shape index (κ3) is 5.29. The topological polar surface area (TPSA) is 80.1 Å². The maximum atomic E-state index is 12.5. The lowest BCUT2D eigenvalue weighted by molar-refractivity contribution is -0.122. The number of rotatable bonds is 7. The number of amides is 1. The van der Waals surface area contributed by atoms with Crippen molar-refractivity contribution < 1.29 is 9.32 Å². The van der Waals surface area contributed by atoms with Crippen LogP contribution in [0.1, 0.15) is 24.1 Å². The van der Waals surface area contributed by atoms with Crippen LogP contribution in [-0.4, -0.2) is 29.1 Å². The summed E-state index contributed by atoms with van der Waals surface area (Å²) in [6, 6.07) is 17.7. The number of carbonyl (C=O) groups excluding carboxylic acids is 1. The van der Waals surface area contributed by atoms with Crippen LogP contribution in [-0.2, 0) is 17.8 Å². The Bertz CT molecular complexity index is 911. The van der Waals surface area contributed by atoms with Crippen LogP contribution in [0.5, 0.6) is 0 Å². The number of aromatic nitrogens is 2. The zero-order valence-corrected chi connectivity index (χ0v) is 16.4. The van der Waals surface area contributed by atoms with Gasteiger partial charge in [0.15, 0.2) is 5.76 Å². The number of piperidine rings is 1. The Morgan fingerprint density at radius 3 is 2.83 bits per heavy atom. The number of carbonyl (C=O) groups is 1. The molecular formula is C23H26N4O2. The molecule has 0 spiro atoms. The van der Waals surface area contributed by atoms with Crippen molar-refractivity contribution in [2.75, 3.05) is 13.1 Å². The summed E-state index contributed by atoms with van der Waals surface area (Å²) < 4.78 is 5.48. The van der Waals surface area contributed by atoms with Gasteiger partial charge in [0.05, 0.1) is 5.69 Å². The van der Waals surface area contributed by atoms with Gasteiger partial charge in [-0.2, -0.15) is 0 Å². The van der Waals surface area contributed by atoms with Crippen molar-refractivity contribution in [1.29, 1.82) is 0 Å². The van der Waals surface area contributed by atoms with E-state index in [4.69, 9.17) is 4.52 Å². The van der Waals surface area contributed by atoms with Crippen LogP contribution in [0.4, 0.5) is 0 Å². The van der Waals surface area contributed by atoms with Crippen LogP contribution in [0.3, 0.4) is 0 Å². The van der Waals surface area contributed by atoms with E-state index in [0.29, 0.717) is 30.6 Å². The van der Waals surface area contributed by atoms with Gasteiger partial charge < -0.3 is 15.2 Å². The van der Waals surface area contributed by atoms with Gasteiger partial charge in [0.25, 0.3) is 0 Å². The zero-order chi connectivity index (χ0) is 19.9. The minimum atomic E-state index is 0.111. The lowest BCUT2D eigenvalue weighted by Crippen LogP contribution is -2.40. The molecule has 3 heterocycles. The van der Waals surface area contributed by atoms with Gasteiger partial charge in [0.2, 0.25) is 5.91 Å². The molecule has 2 unspecified atom stereocenters. The Morgan fingerprint density at radius 1 is 1.14 bits per heavy atom. The van der Waals surface area contributed by atoms with E-state index < -0.39 is 0 Å². The molecule has 150 valence electrons. The van der Waals surface area contributed by atoms with Crippen LogP contribution in [0.25, 0.3) is 11.5 Å². The number of nitrogens with one attached hydrogen (secondary N) is 2. The van der Waals surface area contributed by atoms with Crippen LogP contribution < -0.4 is 10.6 Å². The molecular weight excluding hydrogens is 364 g/mol. The summed E-state index contributed by atoms with van der Waals surface area (Å²) in [6.07, 6.45) is 4.07. The predicted octanol–water partition coefficient (Wildman–Crippen LogP) is 3.21. The molecule has 2 aromatic heterocycles. The second kappa shape index (κ2) is 9.47. The fraction of sp³-hybridized carbons (Fsp3) is 0.348. The summed E-state index contributed by atoms with van der Waals surface area (Å²) in [5, 5.41) is 10.7. The van der Waals surface area contributed by atoms with E-state index in [1.165, 1.54) is 0 Å². The van der Waals surface area contributed by atoms with E-state index in [2.05, 4.69) is 20.8 Å². The molecule has 1 saturated heterocycles. The Kier molecular flexibility index (Phi) is 6.32. The van der Waals surface area contributed by atoms with E-state index in [1.54, 1.807) is 6.20 Å². The van der Waals surface area contributed by atoms with Gasteiger partial charge in [0, 0.05) is 25.2 Å². The molecule has 29 heavy (non-hydrogen) atoms. The molecule has 3 aromatic rings. The molecule has 1 aliphatic heterocycles. The van der Waals surface area contributed by atoms with E-state index in [-0.39, 0.29) is 5.91 Å². The molecule has 1 amide bonds. The molecule has 0 saturated carbocycles. The molecule has 0 radical (unpaired) electrons. The summed E-state index contributed by atoms with van der Waals surface area (Å²) in [7, 11) is 0. The van der Waals surface area contributed by atoms with E-state index >= 15 is 0 Å². The van der Waals surface area contributed by atoms with Crippen LogP contribution in [0.15, 0.2) is 65.3 Å². The second-order valence-electron chi connectivity index (χ2n) is 7.58. The average molecular weight is 390 g/mol. The first-order valence-electron chi connectivity index (χ1n) is 10.2. The van der Waals surface area contributed by atoms with Crippen LogP contribution in [0, 0.1) is 11.8 Å². The Hall–Kier alpha value is -2.99. The lowest BCUT2D eigenvalue weighted by Gasteiger charge is -2.31. The van der Waals surface area contributed by atoms with Crippen LogP contribution in [0.2, 0.25) is 0 Å². The largest absolute Gasteiger partial charge is 0.354 e. The summed E-state index contributed by atoms with van der Waals surface area (Å²) in [5.74, 6) is 1.48. The molecule has 2 N–H and O–H groups in total. The van der Waals surface area contributed by atoms with Crippen LogP contribution >= 0.6 is 0 Å². The monoisotopic (exact) mass is 390 g/mol. The summed E-state index contributed by atoms with van der Waals surface area (Å²) in [4.78, 5) is 16.8. The lowest BCUT2D eigenvalue weighted by atomic mass is 9.81. The quantitative estimate of drug-likeness (QED) is 0.648. The van der Waals surface area contributed by atoms with Gasteiger partial charge in [-0.3, -0.25) is 9.78 Å². The van der Waals surface area contributed by atoms with E-state index in [9.17, 15) is 4.79 Å². The molecule has 2 atom stereocenters. The molecule has 1 aliphatic rings. The SMILES string of the molecule is O=C(CC1CCNCC1Cc1cc(-c2ccccn2)on1)NCc1ccccc1. The van der Waals surface area contributed by atoms with Gasteiger partial charge in [-0.1, -0.05) is 41.6 Å². The van der Waals surface area contributed by atoms with Crippen molar-refractivity contribution >= 4 is 5.91 Å². The Morgan fingerprint density at radius 2 is 2.00 bits per heavy atom. The van der Waals surface area contributed by atoms with E-state index in [0.717, 1.165) is 42.9 Å². The molecule has 6 heteroatoms. The van der Waals surface area contributed by atoms with Crippen molar-refractivity contribution in [3.63, 3.8) is 0 Å². The maximum Gasteiger partial charge on any atom is 0.220 e. The zero-order valence-electron chi connectivity index (χ0n) is 16.4. The number of nitrogens with zero attached hydrogens (tertiary/aromatic N) is 2. The highest BCUT2D eigenvalue weighted by Crippen LogP contribution is 2.27. The molecule has 0 bridgehead atoms. The van der Waals surface area contributed by atoms with E-state index in [1.807, 2.05) is 54.6 Å². The van der Waals surface area contributed by atoms with Crippen molar-refractivity contribution in [2.45, 2.75) is 25.8 Å². The summed E-state index contributed by atoms with van der Waals surface area (Å²) in [6.45, 7) is 2.42. The predicted molar refractivity (Wildman–Crippen MR) is 111 cm³/mol. The molecule has 1 fully saturated rings. The molecule has 0 aliphatic carbocycles. The first-order valence-corrected chi connectivity index (χ1v) is 10.2. The Balaban J connectivity index is 1.34. The number of pyridine rings is 1. The first-order chi connectivity index (χ1) is 14.3. The molecule has 1 aromatic carbocycles. The van der Waals surface area contributed by atoms with Crippen molar-refractivity contribution in [3.8, 4) is 11.5 Å². The third-order valence-corrected chi connectivity index (χ3v) is 5.49. The van der Waals surface area contributed by atoms with Gasteiger partial charge in [-0.25, -0.2) is 0 Å². The van der Waals surface area contributed by atoms with Gasteiger partial charge in [-0.15, -0.1) is 0 Å². The second-order valence-corrected chi connectivity index (χ2v) is 7.58. The maximum absolute atomic E-state index is 12.5. The molecule has 6 nitrogen and oxygen atoms in total. The Labute approximate surface area is 170 Å². The summed E-state index contributed by atoms with van der Waals surface area (Å²) >= 11 is 0. The van der Waals surface area contributed by atoms with Crippen molar-refractivity contribution in [1.82, 2.24) is 20.8 Å². The first kappa shape index (κ1) is 19.3. The highest BCUT2D eigenvalue weighted by atomic mass is 16.5. The van der Waals surface area contributed by atoms with Crippen molar-refractivity contribution in [2.24, 2.45) is 11.8 Å². The van der Waals surface area contributed by atoms with Gasteiger partial charge >= 0.3 is 0 Å². The smallest absolute Gasteiger partial charge is 0.220 e. The standard InChI is InChI=1S/C23H26N4O2/c28-23(26-15-17-6-2-1-3-7-17)13-18-9-11-24-16-19(18)12-20-14-22(29-27-20)21-8-4-5-10-25-21/h1-8,10,14,18-19,24H,9,11-13,15-16H2,(H,26,28). The van der Waals surface area contributed by atoms with Gasteiger partial charge in [0.1, 0.15) is 5.69 Å². The fourth-order valence-corrected chi connectivity index (χ4v) is 3.90. The fourth-order valence-electron chi connectivity index (χ4n) is 3.90. The summed E-state index contributed by atoms with van der Waals surface area (Å²) in [5.41, 5.74) is 2.81. The normalized spacial score (nSPS) is 19.0. The minimum Gasteiger partial charge on any atom is -0.354 e. The minimum absolute atomic E-state index is 0.111. The number of hydrogen-bond acceptors (Lipinski definition) is 5. The van der Waals surface area contributed by atoms with Gasteiger partial charge in [-0.05, 0) is 55.5 Å². The number of benzene rings is 1. The number of hydrogen-bond donors (Lipinski definition) is 2. The highest BCUT2D eigenvalue weighted by molar-refractivity contribution is 5.76.